The lowest BCUT2D eigenvalue weighted by molar-refractivity contribution is 0.816. The minimum Gasteiger partial charge on any atom is -0.324 e. The predicted octanol–water partition coefficient (Wildman–Crippen LogP) is 1.89. The summed E-state index contributed by atoms with van der Waals surface area (Å²) < 4.78 is 1.96. The van der Waals surface area contributed by atoms with Gasteiger partial charge < -0.3 is 10.3 Å². The molecule has 0 aliphatic rings. The molecule has 1 aromatic heterocycles. The van der Waals surface area contributed by atoms with E-state index < -0.39 is 0 Å². The summed E-state index contributed by atoms with van der Waals surface area (Å²) in [4.78, 5) is 4.00. The Kier molecular flexibility index (Phi) is 2.33. The lowest BCUT2D eigenvalue weighted by Gasteiger charge is -2.08. The van der Waals surface area contributed by atoms with E-state index in [9.17, 15) is 0 Å². The molecule has 0 bridgehead atoms. The van der Waals surface area contributed by atoms with Gasteiger partial charge in [-0.25, -0.2) is 4.98 Å². The van der Waals surface area contributed by atoms with Gasteiger partial charge in [0, 0.05) is 24.1 Å². The molecule has 2 rings (SSSR count). The Bertz CT molecular complexity index is 404. The smallest absolute Gasteiger partial charge is 0.0991 e. The molecule has 3 nitrogen and oxygen atoms in total. The minimum atomic E-state index is 0.0680. The molecule has 0 saturated carbocycles. The zero-order chi connectivity index (χ0) is 9.97. The van der Waals surface area contributed by atoms with Crippen LogP contribution in [0.15, 0.2) is 43.0 Å². The number of hydrogen-bond donors (Lipinski definition) is 1. The summed E-state index contributed by atoms with van der Waals surface area (Å²) in [6.45, 7) is 1.98. The van der Waals surface area contributed by atoms with Crippen LogP contribution in [0.5, 0.6) is 0 Å². The van der Waals surface area contributed by atoms with Gasteiger partial charge >= 0.3 is 0 Å². The van der Waals surface area contributed by atoms with Crippen molar-refractivity contribution in [1.82, 2.24) is 9.55 Å². The molecular formula is C11H13N3. The number of benzene rings is 1. The average Bonchev–Trinajstić information content (AvgIpc) is 2.71. The number of rotatable bonds is 2. The maximum atomic E-state index is 5.81. The quantitative estimate of drug-likeness (QED) is 0.780. The second kappa shape index (κ2) is 3.64. The normalized spacial score (nSPS) is 12.7. The van der Waals surface area contributed by atoms with Gasteiger partial charge in [0.05, 0.1) is 6.33 Å². The van der Waals surface area contributed by atoms with Crippen LogP contribution in [-0.2, 0) is 0 Å². The largest absolute Gasteiger partial charge is 0.324 e. The minimum absolute atomic E-state index is 0.0680. The standard InChI is InChI=1S/C11H13N3/c1-9(12)10-3-2-4-11(7-10)14-6-5-13-8-14/h2-9H,12H2,1H3/t9-/m1/s1. The molecule has 0 radical (unpaired) electrons. The van der Waals surface area contributed by atoms with E-state index >= 15 is 0 Å². The van der Waals surface area contributed by atoms with Crippen LogP contribution in [0.2, 0.25) is 0 Å². The van der Waals surface area contributed by atoms with Crippen molar-refractivity contribution in [3.8, 4) is 5.69 Å². The Balaban J connectivity index is 2.41. The van der Waals surface area contributed by atoms with Crippen LogP contribution in [0.3, 0.4) is 0 Å². The molecule has 0 saturated heterocycles. The van der Waals surface area contributed by atoms with Crippen molar-refractivity contribution in [1.29, 1.82) is 0 Å². The number of imidazole rings is 1. The SMILES string of the molecule is C[C@@H](N)c1cccc(-n2ccnc2)c1. The van der Waals surface area contributed by atoms with Crippen LogP contribution >= 0.6 is 0 Å². The van der Waals surface area contributed by atoms with Crippen LogP contribution in [0.25, 0.3) is 5.69 Å². The molecule has 0 spiro atoms. The molecule has 1 heterocycles. The monoisotopic (exact) mass is 187 g/mol. The molecule has 0 fully saturated rings. The first-order valence-corrected chi connectivity index (χ1v) is 4.61. The summed E-state index contributed by atoms with van der Waals surface area (Å²) in [7, 11) is 0. The van der Waals surface area contributed by atoms with E-state index in [0.29, 0.717) is 0 Å². The zero-order valence-corrected chi connectivity index (χ0v) is 8.09. The highest BCUT2D eigenvalue weighted by molar-refractivity contribution is 5.36. The summed E-state index contributed by atoms with van der Waals surface area (Å²) in [5, 5.41) is 0. The van der Waals surface area contributed by atoms with Crippen LogP contribution in [0, 0.1) is 0 Å². The van der Waals surface area contributed by atoms with Gasteiger partial charge in [-0.15, -0.1) is 0 Å². The van der Waals surface area contributed by atoms with Crippen LogP contribution in [-0.4, -0.2) is 9.55 Å². The predicted molar refractivity (Wildman–Crippen MR) is 56.2 cm³/mol. The van der Waals surface area contributed by atoms with Gasteiger partial charge in [-0.05, 0) is 24.6 Å². The summed E-state index contributed by atoms with van der Waals surface area (Å²) in [5.74, 6) is 0. The Hall–Kier alpha value is -1.61. The van der Waals surface area contributed by atoms with Gasteiger partial charge in [0.25, 0.3) is 0 Å². The van der Waals surface area contributed by atoms with Gasteiger partial charge in [0.2, 0.25) is 0 Å². The van der Waals surface area contributed by atoms with E-state index in [1.54, 1.807) is 12.5 Å². The summed E-state index contributed by atoms with van der Waals surface area (Å²) in [5.41, 5.74) is 8.04. The maximum absolute atomic E-state index is 5.81. The van der Waals surface area contributed by atoms with Crippen molar-refractivity contribution in [3.63, 3.8) is 0 Å². The Morgan fingerprint density at radius 2 is 2.29 bits per heavy atom. The average molecular weight is 187 g/mol. The van der Waals surface area contributed by atoms with Crippen molar-refractivity contribution in [2.24, 2.45) is 5.73 Å². The molecule has 0 unspecified atom stereocenters. The molecule has 3 heteroatoms. The topological polar surface area (TPSA) is 43.8 Å². The molecular weight excluding hydrogens is 174 g/mol. The third-order valence-electron chi connectivity index (χ3n) is 2.20. The molecule has 72 valence electrons. The lowest BCUT2D eigenvalue weighted by atomic mass is 10.1. The molecule has 1 aromatic carbocycles. The Morgan fingerprint density at radius 1 is 1.43 bits per heavy atom. The summed E-state index contributed by atoms with van der Waals surface area (Å²) in [6.07, 6.45) is 5.46. The molecule has 2 N–H and O–H groups in total. The highest BCUT2D eigenvalue weighted by atomic mass is 15.0. The summed E-state index contributed by atoms with van der Waals surface area (Å²) in [6, 6.07) is 8.22. The molecule has 14 heavy (non-hydrogen) atoms. The van der Waals surface area contributed by atoms with Gasteiger partial charge in [-0.3, -0.25) is 0 Å². The summed E-state index contributed by atoms with van der Waals surface area (Å²) >= 11 is 0. The number of hydrogen-bond acceptors (Lipinski definition) is 2. The maximum Gasteiger partial charge on any atom is 0.0991 e. The Morgan fingerprint density at radius 3 is 2.93 bits per heavy atom. The van der Waals surface area contributed by atoms with Gasteiger partial charge in [0.1, 0.15) is 0 Å². The van der Waals surface area contributed by atoms with Crippen molar-refractivity contribution < 1.29 is 0 Å². The highest BCUT2D eigenvalue weighted by Gasteiger charge is 2.00. The van der Waals surface area contributed by atoms with E-state index in [2.05, 4.69) is 11.1 Å². The molecule has 2 aromatic rings. The number of nitrogens with zero attached hydrogens (tertiary/aromatic N) is 2. The van der Waals surface area contributed by atoms with E-state index in [-0.39, 0.29) is 6.04 Å². The van der Waals surface area contributed by atoms with Gasteiger partial charge in [0.15, 0.2) is 0 Å². The fraction of sp³-hybridized carbons (Fsp3) is 0.182. The van der Waals surface area contributed by atoms with Crippen LogP contribution < -0.4 is 5.73 Å². The number of aromatic nitrogens is 2. The van der Waals surface area contributed by atoms with E-state index in [1.165, 1.54) is 0 Å². The van der Waals surface area contributed by atoms with Gasteiger partial charge in [-0.2, -0.15) is 0 Å². The van der Waals surface area contributed by atoms with Crippen LogP contribution in [0.4, 0.5) is 0 Å². The molecule has 0 aliphatic heterocycles. The van der Waals surface area contributed by atoms with E-state index in [0.717, 1.165) is 11.3 Å². The second-order valence-corrected chi connectivity index (χ2v) is 3.35. The molecule has 1 atom stereocenters. The van der Waals surface area contributed by atoms with Crippen molar-refractivity contribution in [2.45, 2.75) is 13.0 Å². The van der Waals surface area contributed by atoms with Crippen LogP contribution in [0.1, 0.15) is 18.5 Å². The van der Waals surface area contributed by atoms with Crippen molar-refractivity contribution >= 4 is 0 Å². The van der Waals surface area contributed by atoms with E-state index in [4.69, 9.17) is 5.73 Å². The lowest BCUT2D eigenvalue weighted by Crippen LogP contribution is -2.05. The highest BCUT2D eigenvalue weighted by Crippen LogP contribution is 2.14. The van der Waals surface area contributed by atoms with Crippen molar-refractivity contribution in [2.75, 3.05) is 0 Å². The first-order valence-electron chi connectivity index (χ1n) is 4.61. The fourth-order valence-electron chi connectivity index (χ4n) is 1.38. The molecule has 0 amide bonds. The fourth-order valence-corrected chi connectivity index (χ4v) is 1.38. The zero-order valence-electron chi connectivity index (χ0n) is 8.09. The van der Waals surface area contributed by atoms with Gasteiger partial charge in [-0.1, -0.05) is 12.1 Å². The number of nitrogens with two attached hydrogens (primary N) is 1. The third kappa shape index (κ3) is 1.67. The first-order chi connectivity index (χ1) is 6.77. The Labute approximate surface area is 83.2 Å². The van der Waals surface area contributed by atoms with Crippen molar-refractivity contribution in [3.05, 3.63) is 48.5 Å². The van der Waals surface area contributed by atoms with E-state index in [1.807, 2.05) is 35.9 Å². The first kappa shape index (κ1) is 8.97. The third-order valence-corrected chi connectivity index (χ3v) is 2.20. The second-order valence-electron chi connectivity index (χ2n) is 3.35. The molecule has 0 aliphatic carbocycles.